The highest BCUT2D eigenvalue weighted by molar-refractivity contribution is 5.96. The van der Waals surface area contributed by atoms with Crippen LogP contribution in [0.25, 0.3) is 22.2 Å². The molecule has 2 heterocycles. The largest absolute Gasteiger partial charge is 0.494 e. The molecule has 0 spiro atoms. The monoisotopic (exact) mass is 210 g/mol. The van der Waals surface area contributed by atoms with Gasteiger partial charge in [0.15, 0.2) is 5.88 Å². The smallest absolute Gasteiger partial charge is 0.198 e. The first-order valence-corrected chi connectivity index (χ1v) is 5.07. The van der Waals surface area contributed by atoms with E-state index in [2.05, 4.69) is 9.97 Å². The molecule has 2 N–H and O–H groups in total. The molecule has 0 fully saturated rings. The maximum Gasteiger partial charge on any atom is 0.198 e. The fourth-order valence-electron chi connectivity index (χ4n) is 1.91. The number of aromatic nitrogens is 2. The van der Waals surface area contributed by atoms with E-state index < -0.39 is 0 Å². The molecule has 0 bridgehead atoms. The molecule has 3 aromatic rings. The molecule has 0 saturated carbocycles. The van der Waals surface area contributed by atoms with Crippen LogP contribution in [0.5, 0.6) is 5.88 Å². The quantitative estimate of drug-likeness (QED) is 0.648. The molecule has 3 heteroatoms. The average Bonchev–Trinajstić information content (AvgIpc) is 2.66. The van der Waals surface area contributed by atoms with Gasteiger partial charge in [-0.1, -0.05) is 30.3 Å². The topological polar surface area (TPSA) is 48.9 Å². The Morgan fingerprint density at radius 2 is 1.81 bits per heavy atom. The van der Waals surface area contributed by atoms with Crippen LogP contribution in [-0.2, 0) is 0 Å². The molecule has 0 radical (unpaired) electrons. The van der Waals surface area contributed by atoms with Gasteiger partial charge in [0.1, 0.15) is 5.65 Å². The van der Waals surface area contributed by atoms with Gasteiger partial charge in [0.25, 0.3) is 0 Å². The standard InChI is InChI=1S/C13H10N2O/c16-13-11(9-5-2-1-3-6-9)10-7-4-8-14-12(10)15-13/h1-8,16H,(H,14,15). The van der Waals surface area contributed by atoms with E-state index in [0.29, 0.717) is 5.65 Å². The summed E-state index contributed by atoms with van der Waals surface area (Å²) < 4.78 is 0. The Kier molecular flexibility index (Phi) is 1.90. The van der Waals surface area contributed by atoms with Gasteiger partial charge in [0.2, 0.25) is 0 Å². The normalized spacial score (nSPS) is 10.8. The highest BCUT2D eigenvalue weighted by Crippen LogP contribution is 2.35. The van der Waals surface area contributed by atoms with E-state index in [1.165, 1.54) is 0 Å². The molecule has 0 atom stereocenters. The van der Waals surface area contributed by atoms with E-state index in [4.69, 9.17) is 0 Å². The van der Waals surface area contributed by atoms with Gasteiger partial charge in [-0.2, -0.15) is 0 Å². The molecule has 0 amide bonds. The number of H-pyrrole nitrogens is 1. The number of aromatic hydroxyl groups is 1. The lowest BCUT2D eigenvalue weighted by molar-refractivity contribution is 0.460. The van der Waals surface area contributed by atoms with Crippen molar-refractivity contribution in [1.29, 1.82) is 0 Å². The minimum Gasteiger partial charge on any atom is -0.494 e. The Labute approximate surface area is 92.4 Å². The average molecular weight is 210 g/mol. The third-order valence-corrected chi connectivity index (χ3v) is 2.61. The van der Waals surface area contributed by atoms with E-state index >= 15 is 0 Å². The lowest BCUT2D eigenvalue weighted by atomic mass is 10.1. The Balaban J connectivity index is 2.35. The summed E-state index contributed by atoms with van der Waals surface area (Å²) in [5.41, 5.74) is 2.50. The lowest BCUT2D eigenvalue weighted by Crippen LogP contribution is -1.75. The van der Waals surface area contributed by atoms with E-state index in [9.17, 15) is 5.11 Å². The van der Waals surface area contributed by atoms with Crippen LogP contribution in [0.3, 0.4) is 0 Å². The van der Waals surface area contributed by atoms with Gasteiger partial charge in [0.05, 0.1) is 5.56 Å². The maximum atomic E-state index is 9.89. The van der Waals surface area contributed by atoms with Crippen LogP contribution in [0.2, 0.25) is 0 Å². The molecule has 3 rings (SSSR count). The lowest BCUT2D eigenvalue weighted by Gasteiger charge is -1.99. The number of aromatic amines is 1. The van der Waals surface area contributed by atoms with Crippen molar-refractivity contribution in [2.24, 2.45) is 0 Å². The summed E-state index contributed by atoms with van der Waals surface area (Å²) in [6.45, 7) is 0. The second-order valence-corrected chi connectivity index (χ2v) is 3.61. The molecular weight excluding hydrogens is 200 g/mol. The summed E-state index contributed by atoms with van der Waals surface area (Å²) >= 11 is 0. The SMILES string of the molecule is Oc1[nH]c2ncccc2c1-c1ccccc1. The number of hydrogen-bond donors (Lipinski definition) is 2. The minimum absolute atomic E-state index is 0.167. The number of hydrogen-bond acceptors (Lipinski definition) is 2. The molecule has 16 heavy (non-hydrogen) atoms. The van der Waals surface area contributed by atoms with E-state index in [1.807, 2.05) is 42.5 Å². The highest BCUT2D eigenvalue weighted by atomic mass is 16.3. The molecule has 78 valence electrons. The van der Waals surface area contributed by atoms with Crippen molar-refractivity contribution in [3.8, 4) is 17.0 Å². The van der Waals surface area contributed by atoms with Crippen LogP contribution in [0, 0.1) is 0 Å². The van der Waals surface area contributed by atoms with Crippen LogP contribution in [0.15, 0.2) is 48.7 Å². The zero-order valence-electron chi connectivity index (χ0n) is 8.51. The fourth-order valence-corrected chi connectivity index (χ4v) is 1.91. The summed E-state index contributed by atoms with van der Waals surface area (Å²) in [5, 5.41) is 10.8. The molecule has 2 aromatic heterocycles. The van der Waals surface area contributed by atoms with Crippen LogP contribution in [-0.4, -0.2) is 15.1 Å². The first kappa shape index (κ1) is 8.97. The number of rotatable bonds is 1. The van der Waals surface area contributed by atoms with Crippen molar-refractivity contribution in [3.05, 3.63) is 48.7 Å². The predicted molar refractivity (Wildman–Crippen MR) is 63.2 cm³/mol. The summed E-state index contributed by atoms with van der Waals surface area (Å²) in [6.07, 6.45) is 1.70. The van der Waals surface area contributed by atoms with Crippen LogP contribution < -0.4 is 0 Å². The summed E-state index contributed by atoms with van der Waals surface area (Å²) in [5.74, 6) is 0.167. The molecule has 1 aromatic carbocycles. The minimum atomic E-state index is 0.167. The van der Waals surface area contributed by atoms with Crippen molar-refractivity contribution in [2.45, 2.75) is 0 Å². The van der Waals surface area contributed by atoms with Crippen molar-refractivity contribution in [1.82, 2.24) is 9.97 Å². The predicted octanol–water partition coefficient (Wildman–Crippen LogP) is 2.94. The number of fused-ring (bicyclic) bond motifs is 1. The molecule has 0 unspecified atom stereocenters. The molecule has 0 aliphatic heterocycles. The van der Waals surface area contributed by atoms with Gasteiger partial charge >= 0.3 is 0 Å². The Bertz CT molecular complexity index is 629. The first-order valence-electron chi connectivity index (χ1n) is 5.07. The molecular formula is C13H10N2O. The van der Waals surface area contributed by atoms with Gasteiger partial charge in [-0.3, -0.25) is 0 Å². The molecule has 0 aliphatic rings. The molecule has 0 aliphatic carbocycles. The summed E-state index contributed by atoms with van der Waals surface area (Å²) in [4.78, 5) is 7.04. The summed E-state index contributed by atoms with van der Waals surface area (Å²) in [7, 11) is 0. The van der Waals surface area contributed by atoms with Crippen molar-refractivity contribution >= 4 is 11.0 Å². The van der Waals surface area contributed by atoms with Crippen LogP contribution >= 0.6 is 0 Å². The van der Waals surface area contributed by atoms with Gasteiger partial charge in [-0.25, -0.2) is 4.98 Å². The molecule has 3 nitrogen and oxygen atoms in total. The number of benzene rings is 1. The van der Waals surface area contributed by atoms with Crippen molar-refractivity contribution in [3.63, 3.8) is 0 Å². The van der Waals surface area contributed by atoms with Crippen molar-refractivity contribution in [2.75, 3.05) is 0 Å². The van der Waals surface area contributed by atoms with Gasteiger partial charge in [0, 0.05) is 11.6 Å². The zero-order valence-corrected chi connectivity index (χ0v) is 8.51. The van der Waals surface area contributed by atoms with E-state index in [1.54, 1.807) is 6.20 Å². The number of nitrogens with zero attached hydrogens (tertiary/aromatic N) is 1. The second-order valence-electron chi connectivity index (χ2n) is 3.61. The Hall–Kier alpha value is -2.29. The van der Waals surface area contributed by atoms with Gasteiger partial charge in [-0.15, -0.1) is 0 Å². The van der Waals surface area contributed by atoms with E-state index in [-0.39, 0.29) is 5.88 Å². The van der Waals surface area contributed by atoms with Crippen molar-refractivity contribution < 1.29 is 5.11 Å². The third kappa shape index (κ3) is 1.26. The third-order valence-electron chi connectivity index (χ3n) is 2.61. The maximum absolute atomic E-state index is 9.89. The van der Waals surface area contributed by atoms with Gasteiger partial charge < -0.3 is 10.1 Å². The zero-order chi connectivity index (χ0) is 11.0. The number of pyridine rings is 1. The highest BCUT2D eigenvalue weighted by Gasteiger charge is 2.12. The molecule has 0 saturated heterocycles. The number of nitrogens with one attached hydrogen (secondary N) is 1. The fraction of sp³-hybridized carbons (Fsp3) is 0. The Morgan fingerprint density at radius 3 is 2.62 bits per heavy atom. The Morgan fingerprint density at radius 1 is 1.00 bits per heavy atom. The van der Waals surface area contributed by atoms with Crippen LogP contribution in [0.4, 0.5) is 0 Å². The van der Waals surface area contributed by atoms with Crippen LogP contribution in [0.1, 0.15) is 0 Å². The second kappa shape index (κ2) is 3.38. The first-order chi connectivity index (χ1) is 7.86. The van der Waals surface area contributed by atoms with Gasteiger partial charge in [-0.05, 0) is 17.7 Å². The van der Waals surface area contributed by atoms with E-state index in [0.717, 1.165) is 16.5 Å². The summed E-state index contributed by atoms with van der Waals surface area (Å²) in [6, 6.07) is 13.6.